The highest BCUT2D eigenvalue weighted by molar-refractivity contribution is 5.85. The van der Waals surface area contributed by atoms with Crippen LogP contribution in [-0.4, -0.2) is 53.0 Å². The van der Waals surface area contributed by atoms with Crippen molar-refractivity contribution in [2.75, 3.05) is 0 Å². The van der Waals surface area contributed by atoms with Crippen molar-refractivity contribution < 1.29 is 43.5 Å². The monoisotopic (exact) mass is 497 g/mol. The van der Waals surface area contributed by atoms with Crippen LogP contribution in [0.4, 0.5) is 0 Å². The number of carboxylic acid groups (broad SMARTS) is 1. The molecule has 0 aromatic heterocycles. The molecule has 35 heavy (non-hydrogen) atoms. The fourth-order valence-corrected chi connectivity index (χ4v) is 6.37. The summed E-state index contributed by atoms with van der Waals surface area (Å²) in [5, 5.41) is 11.8. The van der Waals surface area contributed by atoms with Crippen LogP contribution in [0.15, 0.2) is 0 Å². The first-order valence-electron chi connectivity index (χ1n) is 12.9. The number of esters is 1. The van der Waals surface area contributed by atoms with E-state index in [2.05, 4.69) is 12.2 Å². The van der Waals surface area contributed by atoms with Crippen molar-refractivity contribution in [3.63, 3.8) is 0 Å². The van der Waals surface area contributed by atoms with E-state index in [1.807, 2.05) is 27.7 Å². The van der Waals surface area contributed by atoms with Crippen LogP contribution >= 0.6 is 0 Å². The van der Waals surface area contributed by atoms with Crippen molar-refractivity contribution >= 4 is 17.8 Å². The summed E-state index contributed by atoms with van der Waals surface area (Å²) in [6, 6.07) is -0.982. The molecule has 1 aliphatic carbocycles. The van der Waals surface area contributed by atoms with E-state index < -0.39 is 47.9 Å². The molecule has 2 bridgehead atoms. The second kappa shape index (κ2) is 9.95. The van der Waals surface area contributed by atoms with E-state index >= 15 is 0 Å². The minimum Gasteiger partial charge on any atom is -0.480 e. The Morgan fingerprint density at radius 1 is 1.09 bits per heavy atom. The van der Waals surface area contributed by atoms with Crippen LogP contribution in [0.5, 0.6) is 0 Å². The number of nitrogens with one attached hydrogen (secondary N) is 1. The predicted molar refractivity (Wildman–Crippen MR) is 121 cm³/mol. The minimum absolute atomic E-state index is 0.0264. The van der Waals surface area contributed by atoms with E-state index in [1.165, 1.54) is 0 Å². The van der Waals surface area contributed by atoms with Gasteiger partial charge in [0.05, 0.1) is 6.42 Å². The van der Waals surface area contributed by atoms with Gasteiger partial charge in [-0.2, -0.15) is 0 Å². The number of ether oxygens (including phenoxy) is 3. The maximum absolute atomic E-state index is 12.6. The maximum Gasteiger partial charge on any atom is 0.326 e. The summed E-state index contributed by atoms with van der Waals surface area (Å²) in [6.07, 6.45) is 1.95. The average Bonchev–Trinajstić information content (AvgIpc) is 3.01. The number of rotatable bonds is 8. The first kappa shape index (κ1) is 26.3. The van der Waals surface area contributed by atoms with Gasteiger partial charge in [-0.15, -0.1) is 0 Å². The number of carboxylic acids is 1. The third-order valence-corrected chi connectivity index (χ3v) is 8.24. The number of carbonyl (C=O) groups is 3. The quantitative estimate of drug-likeness (QED) is 0.384. The van der Waals surface area contributed by atoms with E-state index in [0.29, 0.717) is 18.8 Å². The van der Waals surface area contributed by atoms with Gasteiger partial charge in [0, 0.05) is 24.7 Å². The third-order valence-electron chi connectivity index (χ3n) is 8.24. The smallest absolute Gasteiger partial charge is 0.326 e. The van der Waals surface area contributed by atoms with Gasteiger partial charge in [0.2, 0.25) is 18.0 Å². The Balaban J connectivity index is 1.38. The number of hydrogen-bond donors (Lipinski definition) is 2. The van der Waals surface area contributed by atoms with Crippen LogP contribution in [0.2, 0.25) is 0 Å². The number of hydrogen-bond acceptors (Lipinski definition) is 8. The summed E-state index contributed by atoms with van der Waals surface area (Å²) in [5.41, 5.74) is -0.738. The molecule has 4 heterocycles. The highest BCUT2D eigenvalue weighted by atomic mass is 17.3. The first-order chi connectivity index (χ1) is 16.4. The molecule has 0 aromatic carbocycles. The Morgan fingerprint density at radius 2 is 1.83 bits per heavy atom. The molecule has 9 atom stereocenters. The summed E-state index contributed by atoms with van der Waals surface area (Å²) in [5.74, 6) is -2.46. The summed E-state index contributed by atoms with van der Waals surface area (Å²) in [7, 11) is 0. The largest absolute Gasteiger partial charge is 0.480 e. The number of carbonyl (C=O) groups excluding carboxylic acids is 2. The van der Waals surface area contributed by atoms with Gasteiger partial charge >= 0.3 is 11.9 Å². The lowest BCUT2D eigenvalue weighted by Gasteiger charge is -2.59. The molecular weight excluding hydrogens is 458 g/mol. The molecule has 4 saturated heterocycles. The van der Waals surface area contributed by atoms with Crippen molar-refractivity contribution in [2.45, 2.75) is 110 Å². The number of fused-ring (bicyclic) bond motifs is 2. The van der Waals surface area contributed by atoms with Gasteiger partial charge in [0.25, 0.3) is 0 Å². The second-order valence-corrected chi connectivity index (χ2v) is 11.4. The lowest BCUT2D eigenvalue weighted by molar-refractivity contribution is -0.576. The van der Waals surface area contributed by atoms with E-state index in [-0.39, 0.29) is 36.5 Å². The Hall–Kier alpha value is -1.75. The van der Waals surface area contributed by atoms with Crippen LogP contribution in [0, 0.1) is 29.6 Å². The molecule has 5 rings (SSSR count). The average molecular weight is 498 g/mol. The van der Waals surface area contributed by atoms with Crippen molar-refractivity contribution in [1.82, 2.24) is 5.32 Å². The first-order valence-corrected chi connectivity index (χ1v) is 12.9. The van der Waals surface area contributed by atoms with Gasteiger partial charge in [-0.3, -0.25) is 9.59 Å². The fraction of sp³-hybridized carbons (Fsp3) is 0.880. The molecule has 5 aliphatic rings. The van der Waals surface area contributed by atoms with Crippen LogP contribution in [-0.2, 0) is 38.4 Å². The van der Waals surface area contributed by atoms with Crippen molar-refractivity contribution in [2.24, 2.45) is 29.6 Å². The normalized spacial score (nSPS) is 41.0. The summed E-state index contributed by atoms with van der Waals surface area (Å²) >= 11 is 0. The third kappa shape index (κ3) is 5.08. The van der Waals surface area contributed by atoms with E-state index in [9.17, 15) is 19.5 Å². The highest BCUT2D eigenvalue weighted by Crippen LogP contribution is 2.60. The molecule has 198 valence electrons. The van der Waals surface area contributed by atoms with Gasteiger partial charge in [-0.05, 0) is 50.4 Å². The standard InChI is InChI=1S/C25H39NO9/c1-13(2)12-18(21(29)30)26-19(27)8-9-20(28)31-22-15(4)17-7-6-14(3)16-10-11-24(5)33-23(32-22)25(16,17)35-34-24/h13-18,22-23H,6-12H2,1-5H3,(H,26,27)(H,29,30)/t14-,15-,16+,17+,18+,22-,23-,24-,25-/m1/s1. The molecule has 10 heteroatoms. The lowest BCUT2D eigenvalue weighted by Crippen LogP contribution is -2.70. The molecule has 5 fully saturated rings. The molecule has 2 N–H and O–H groups in total. The Bertz CT molecular complexity index is 834. The minimum atomic E-state index is -1.09. The zero-order valence-electron chi connectivity index (χ0n) is 21.3. The Labute approximate surface area is 206 Å². The summed E-state index contributed by atoms with van der Waals surface area (Å²) < 4.78 is 18.2. The zero-order chi connectivity index (χ0) is 25.5. The van der Waals surface area contributed by atoms with Crippen molar-refractivity contribution in [3.8, 4) is 0 Å². The molecule has 10 nitrogen and oxygen atoms in total. The fourth-order valence-electron chi connectivity index (χ4n) is 6.37. The summed E-state index contributed by atoms with van der Waals surface area (Å²) in [4.78, 5) is 48.1. The van der Waals surface area contributed by atoms with Gasteiger partial charge in [-0.25, -0.2) is 14.6 Å². The van der Waals surface area contributed by atoms with Gasteiger partial charge in [0.15, 0.2) is 11.9 Å². The molecule has 4 aliphatic heterocycles. The van der Waals surface area contributed by atoms with Crippen LogP contribution in [0.1, 0.15) is 79.6 Å². The zero-order valence-corrected chi connectivity index (χ0v) is 21.3. The Kier molecular flexibility index (Phi) is 7.48. The molecule has 0 aromatic rings. The topological polar surface area (TPSA) is 130 Å². The molecular formula is C25H39NO9. The lowest BCUT2D eigenvalue weighted by atomic mass is 9.58. The van der Waals surface area contributed by atoms with Crippen molar-refractivity contribution in [1.29, 1.82) is 0 Å². The predicted octanol–water partition coefficient (Wildman–Crippen LogP) is 3.13. The van der Waals surface area contributed by atoms with E-state index in [4.69, 9.17) is 24.0 Å². The van der Waals surface area contributed by atoms with Gasteiger partial charge < -0.3 is 24.6 Å². The van der Waals surface area contributed by atoms with E-state index in [1.54, 1.807) is 0 Å². The van der Waals surface area contributed by atoms with Crippen LogP contribution < -0.4 is 5.32 Å². The van der Waals surface area contributed by atoms with Crippen LogP contribution in [0.3, 0.4) is 0 Å². The van der Waals surface area contributed by atoms with Gasteiger partial charge in [0.1, 0.15) is 6.04 Å². The molecule has 1 amide bonds. The van der Waals surface area contributed by atoms with Gasteiger partial charge in [-0.1, -0.05) is 27.7 Å². The Morgan fingerprint density at radius 3 is 2.51 bits per heavy atom. The molecule has 0 radical (unpaired) electrons. The summed E-state index contributed by atoms with van der Waals surface area (Å²) in [6.45, 7) is 9.81. The second-order valence-electron chi connectivity index (χ2n) is 11.4. The number of aliphatic carboxylic acids is 1. The molecule has 0 unspecified atom stereocenters. The molecule has 1 spiro atoms. The SMILES string of the molecule is CC(C)C[C@H](NC(=O)CCC(=O)O[C@@H]1O[C@@H]2O[C@@]3(C)CC[C@H]4[C@H](C)CC[C@@H]([C@H]1C)[C@@]24OO3)C(=O)O. The number of amides is 1. The van der Waals surface area contributed by atoms with Crippen molar-refractivity contribution in [3.05, 3.63) is 0 Å². The highest BCUT2D eigenvalue weighted by Gasteiger charge is 2.69. The maximum atomic E-state index is 12.6. The molecule has 1 saturated carbocycles. The van der Waals surface area contributed by atoms with Crippen LogP contribution in [0.25, 0.3) is 0 Å². The van der Waals surface area contributed by atoms with E-state index in [0.717, 1.165) is 19.3 Å².